The van der Waals surface area contributed by atoms with E-state index in [9.17, 15) is 16.8 Å². The second kappa shape index (κ2) is 5.98. The Hall–Kier alpha value is -0.670. The first kappa shape index (κ1) is 15.7. The predicted octanol–water partition coefficient (Wildman–Crippen LogP) is 1.07. The Bertz CT molecular complexity index is 681. The summed E-state index contributed by atoms with van der Waals surface area (Å²) in [6.45, 7) is 1.01. The Labute approximate surface area is 122 Å². The van der Waals surface area contributed by atoms with Crippen molar-refractivity contribution >= 4 is 29.8 Å². The number of ether oxygens (including phenoxy) is 1. The molecular weight excluding hydrogens is 326 g/mol. The first-order valence-corrected chi connectivity index (χ1v) is 9.73. The van der Waals surface area contributed by atoms with Crippen LogP contribution in [-0.4, -0.2) is 36.1 Å². The molecule has 0 amide bonds. The molecule has 1 N–H and O–H groups in total. The topological polar surface area (TPSA) is 89.5 Å². The van der Waals surface area contributed by atoms with Gasteiger partial charge >= 0.3 is 0 Å². The molecule has 0 radical (unpaired) electrons. The van der Waals surface area contributed by atoms with Crippen LogP contribution in [0.4, 0.5) is 0 Å². The van der Waals surface area contributed by atoms with Gasteiger partial charge in [0.2, 0.25) is 10.0 Å². The van der Waals surface area contributed by atoms with E-state index in [1.807, 2.05) is 0 Å². The Morgan fingerprint density at radius 1 is 1.10 bits per heavy atom. The van der Waals surface area contributed by atoms with Crippen LogP contribution in [0.1, 0.15) is 12.8 Å². The lowest BCUT2D eigenvalue weighted by Gasteiger charge is -2.23. The Balaban J connectivity index is 2.25. The minimum atomic E-state index is -3.96. The van der Waals surface area contributed by atoms with E-state index in [-0.39, 0.29) is 15.8 Å². The quantitative estimate of drug-likeness (QED) is 0.829. The molecule has 0 aliphatic carbocycles. The second-order valence-electron chi connectivity index (χ2n) is 4.42. The van der Waals surface area contributed by atoms with Gasteiger partial charge < -0.3 is 4.74 Å². The molecule has 20 heavy (non-hydrogen) atoms. The van der Waals surface area contributed by atoms with Gasteiger partial charge in [0.25, 0.3) is 9.05 Å². The van der Waals surface area contributed by atoms with Crippen LogP contribution in [0.5, 0.6) is 0 Å². The number of sulfonamides is 1. The number of hydrogen-bond donors (Lipinski definition) is 1. The van der Waals surface area contributed by atoms with Crippen molar-refractivity contribution < 1.29 is 21.6 Å². The molecule has 1 aliphatic rings. The van der Waals surface area contributed by atoms with Crippen LogP contribution in [0.25, 0.3) is 0 Å². The molecule has 0 aromatic heterocycles. The molecule has 6 nitrogen and oxygen atoms in total. The van der Waals surface area contributed by atoms with E-state index < -0.39 is 19.1 Å². The molecule has 0 unspecified atom stereocenters. The standard InChI is InChI=1S/C11H14ClNO5S2/c12-19(14,15)10-2-1-3-11(8-10)20(16,17)13-9-4-6-18-7-5-9/h1-3,8-9,13H,4-7H2. The van der Waals surface area contributed by atoms with E-state index in [1.54, 1.807) is 0 Å². The molecule has 0 saturated carbocycles. The van der Waals surface area contributed by atoms with E-state index in [4.69, 9.17) is 15.4 Å². The molecule has 9 heteroatoms. The van der Waals surface area contributed by atoms with Crippen LogP contribution in [0.3, 0.4) is 0 Å². The minimum absolute atomic E-state index is 0.120. The molecule has 0 atom stereocenters. The third-order valence-corrected chi connectivity index (χ3v) is 5.81. The molecular formula is C11H14ClNO5S2. The Kier molecular flexibility index (Phi) is 4.70. The molecule has 1 aliphatic heterocycles. The van der Waals surface area contributed by atoms with Crippen LogP contribution in [0.2, 0.25) is 0 Å². The number of halogens is 1. The van der Waals surface area contributed by atoms with Gasteiger partial charge in [-0.1, -0.05) is 6.07 Å². The predicted molar refractivity (Wildman–Crippen MR) is 73.6 cm³/mol. The summed E-state index contributed by atoms with van der Waals surface area (Å²) in [5.74, 6) is 0. The van der Waals surface area contributed by atoms with Gasteiger partial charge in [-0.2, -0.15) is 0 Å². The minimum Gasteiger partial charge on any atom is -0.381 e. The first-order chi connectivity index (χ1) is 9.29. The summed E-state index contributed by atoms with van der Waals surface area (Å²) in [6, 6.07) is 4.76. The zero-order valence-corrected chi connectivity index (χ0v) is 12.8. The van der Waals surface area contributed by atoms with Crippen molar-refractivity contribution in [2.75, 3.05) is 13.2 Å². The molecule has 0 spiro atoms. The fourth-order valence-electron chi connectivity index (χ4n) is 1.90. The van der Waals surface area contributed by atoms with Crippen LogP contribution < -0.4 is 4.72 Å². The molecule has 1 fully saturated rings. The van der Waals surface area contributed by atoms with Crippen molar-refractivity contribution in [1.29, 1.82) is 0 Å². The average molecular weight is 340 g/mol. The highest BCUT2D eigenvalue weighted by Gasteiger charge is 2.23. The summed E-state index contributed by atoms with van der Waals surface area (Å²) < 4.78 is 54.5. The highest BCUT2D eigenvalue weighted by atomic mass is 35.7. The highest BCUT2D eigenvalue weighted by molar-refractivity contribution is 8.13. The summed E-state index contributed by atoms with van der Waals surface area (Å²) in [5.41, 5.74) is 0. The summed E-state index contributed by atoms with van der Waals surface area (Å²) in [7, 11) is -2.52. The first-order valence-electron chi connectivity index (χ1n) is 5.94. The van der Waals surface area contributed by atoms with Crippen molar-refractivity contribution in [3.8, 4) is 0 Å². The largest absolute Gasteiger partial charge is 0.381 e. The molecule has 1 saturated heterocycles. The van der Waals surface area contributed by atoms with Crippen molar-refractivity contribution in [3.63, 3.8) is 0 Å². The SMILES string of the molecule is O=S(=O)(Cl)c1cccc(S(=O)(=O)NC2CCOCC2)c1. The number of hydrogen-bond acceptors (Lipinski definition) is 5. The number of benzene rings is 1. The molecule has 1 aromatic carbocycles. The van der Waals surface area contributed by atoms with E-state index in [2.05, 4.69) is 4.72 Å². The normalized spacial score (nSPS) is 18.1. The summed E-state index contributed by atoms with van der Waals surface area (Å²) >= 11 is 0. The lowest BCUT2D eigenvalue weighted by atomic mass is 10.1. The third kappa shape index (κ3) is 3.92. The highest BCUT2D eigenvalue weighted by Crippen LogP contribution is 2.20. The summed E-state index contributed by atoms with van der Waals surface area (Å²) in [4.78, 5) is -0.361. The Morgan fingerprint density at radius 3 is 2.30 bits per heavy atom. The monoisotopic (exact) mass is 339 g/mol. The zero-order valence-electron chi connectivity index (χ0n) is 10.5. The summed E-state index contributed by atoms with van der Waals surface area (Å²) in [5, 5.41) is 0. The molecule has 1 heterocycles. The Morgan fingerprint density at radius 2 is 1.70 bits per heavy atom. The van der Waals surface area contributed by atoms with E-state index >= 15 is 0 Å². The second-order valence-corrected chi connectivity index (χ2v) is 8.70. The van der Waals surface area contributed by atoms with Gasteiger partial charge in [-0.05, 0) is 31.0 Å². The van der Waals surface area contributed by atoms with Crippen LogP contribution >= 0.6 is 10.7 Å². The van der Waals surface area contributed by atoms with Gasteiger partial charge in [0.05, 0.1) is 9.79 Å². The van der Waals surface area contributed by atoms with Gasteiger partial charge in [0.15, 0.2) is 0 Å². The lowest BCUT2D eigenvalue weighted by molar-refractivity contribution is 0.0832. The number of nitrogens with one attached hydrogen (secondary N) is 1. The summed E-state index contributed by atoms with van der Waals surface area (Å²) in [6.07, 6.45) is 1.18. The van der Waals surface area contributed by atoms with E-state index in [0.717, 1.165) is 6.07 Å². The van der Waals surface area contributed by atoms with Gasteiger partial charge in [0, 0.05) is 29.9 Å². The van der Waals surface area contributed by atoms with Crippen molar-refractivity contribution in [1.82, 2.24) is 4.72 Å². The third-order valence-electron chi connectivity index (χ3n) is 2.94. The fraction of sp³-hybridized carbons (Fsp3) is 0.455. The van der Waals surface area contributed by atoms with Gasteiger partial charge in [-0.15, -0.1) is 0 Å². The zero-order chi connectivity index (χ0) is 14.8. The van der Waals surface area contributed by atoms with Crippen molar-refractivity contribution in [2.45, 2.75) is 28.7 Å². The molecule has 1 aromatic rings. The average Bonchev–Trinajstić information content (AvgIpc) is 2.38. The van der Waals surface area contributed by atoms with E-state index in [1.165, 1.54) is 18.2 Å². The van der Waals surface area contributed by atoms with E-state index in [0.29, 0.717) is 26.1 Å². The van der Waals surface area contributed by atoms with Crippen molar-refractivity contribution in [3.05, 3.63) is 24.3 Å². The molecule has 112 valence electrons. The van der Waals surface area contributed by atoms with Crippen molar-refractivity contribution in [2.24, 2.45) is 0 Å². The van der Waals surface area contributed by atoms with Crippen LogP contribution in [-0.2, 0) is 23.8 Å². The van der Waals surface area contributed by atoms with Gasteiger partial charge in [-0.25, -0.2) is 21.6 Å². The maximum atomic E-state index is 12.2. The maximum absolute atomic E-state index is 12.2. The molecule has 0 bridgehead atoms. The van der Waals surface area contributed by atoms with Gasteiger partial charge in [-0.3, -0.25) is 0 Å². The maximum Gasteiger partial charge on any atom is 0.261 e. The lowest BCUT2D eigenvalue weighted by Crippen LogP contribution is -2.38. The fourth-order valence-corrected chi connectivity index (χ4v) is 4.12. The smallest absolute Gasteiger partial charge is 0.261 e. The van der Waals surface area contributed by atoms with Gasteiger partial charge in [0.1, 0.15) is 0 Å². The van der Waals surface area contributed by atoms with Crippen LogP contribution in [0, 0.1) is 0 Å². The molecule has 2 rings (SSSR count). The number of rotatable bonds is 4. The van der Waals surface area contributed by atoms with Crippen LogP contribution in [0.15, 0.2) is 34.1 Å².